The van der Waals surface area contributed by atoms with Gasteiger partial charge in [0.1, 0.15) is 10.7 Å². The van der Waals surface area contributed by atoms with Gasteiger partial charge in [-0.1, -0.05) is 41.4 Å². The summed E-state index contributed by atoms with van der Waals surface area (Å²) in [6.45, 7) is 1.26. The zero-order valence-electron chi connectivity index (χ0n) is 19.9. The molecule has 1 saturated heterocycles. The zero-order chi connectivity index (χ0) is 27.6. The first-order valence-corrected chi connectivity index (χ1v) is 13.0. The number of halogens is 5. The number of carbonyl (C=O) groups excluding carboxylic acids is 2. The second-order valence-corrected chi connectivity index (χ2v) is 10.5. The summed E-state index contributed by atoms with van der Waals surface area (Å²) in [5.41, 5.74) is -1.30. The summed E-state index contributed by atoms with van der Waals surface area (Å²) in [4.78, 5) is 36.5. The Balaban J connectivity index is 1.60. The number of hydrogen-bond donors (Lipinski definition) is 3. The summed E-state index contributed by atoms with van der Waals surface area (Å²) in [5, 5.41) is 15.0. The normalized spacial score (nSPS) is 14.9. The Morgan fingerprint density at radius 1 is 1.16 bits per heavy atom. The molecule has 3 heterocycles. The van der Waals surface area contributed by atoms with Gasteiger partial charge >= 0.3 is 6.18 Å². The average Bonchev–Trinajstić information content (AvgIpc) is 3.29. The highest BCUT2D eigenvalue weighted by molar-refractivity contribution is 7.16. The summed E-state index contributed by atoms with van der Waals surface area (Å²) in [6, 6.07) is 6.05. The van der Waals surface area contributed by atoms with Crippen LogP contribution in [0.25, 0.3) is 0 Å². The Kier molecular flexibility index (Phi) is 8.46. The molecule has 2 amide bonds. The van der Waals surface area contributed by atoms with Crippen molar-refractivity contribution in [3.05, 3.63) is 68.0 Å². The van der Waals surface area contributed by atoms with Gasteiger partial charge in [-0.05, 0) is 50.7 Å². The average molecular weight is 588 g/mol. The fourth-order valence-electron chi connectivity index (χ4n) is 3.98. The molecule has 2 aromatic heterocycles. The third-order valence-electron chi connectivity index (χ3n) is 6.05. The van der Waals surface area contributed by atoms with Gasteiger partial charge in [-0.25, -0.2) is 9.97 Å². The van der Waals surface area contributed by atoms with E-state index in [0.29, 0.717) is 5.01 Å². The number of nitrogens with zero attached hydrogens (tertiary/aromatic N) is 3. The first-order valence-electron chi connectivity index (χ1n) is 11.4. The first kappa shape index (κ1) is 28.1. The molecule has 14 heteroatoms. The van der Waals surface area contributed by atoms with E-state index in [0.717, 1.165) is 49.4 Å². The molecule has 0 saturated carbocycles. The van der Waals surface area contributed by atoms with Crippen molar-refractivity contribution in [3.63, 3.8) is 0 Å². The molecule has 0 spiro atoms. The van der Waals surface area contributed by atoms with Crippen LogP contribution in [0, 0.1) is 0 Å². The highest BCUT2D eigenvalue weighted by atomic mass is 35.5. The molecule has 0 radical (unpaired) electrons. The number of carbonyl (C=O) groups is 2. The quantitative estimate of drug-likeness (QED) is 0.326. The minimum absolute atomic E-state index is 0.0510. The lowest BCUT2D eigenvalue weighted by Gasteiger charge is -2.27. The van der Waals surface area contributed by atoms with Crippen LogP contribution >= 0.6 is 34.5 Å². The van der Waals surface area contributed by atoms with Crippen LogP contribution < -0.4 is 10.6 Å². The van der Waals surface area contributed by atoms with E-state index in [1.54, 1.807) is 0 Å². The van der Waals surface area contributed by atoms with Crippen molar-refractivity contribution in [1.29, 1.82) is 0 Å². The fraction of sp³-hybridized carbons (Fsp3) is 0.333. The van der Waals surface area contributed by atoms with Crippen LogP contribution in [0.3, 0.4) is 0 Å². The lowest BCUT2D eigenvalue weighted by atomic mass is 9.98. The molecule has 1 aliphatic rings. The molecule has 0 unspecified atom stereocenters. The van der Waals surface area contributed by atoms with E-state index in [1.807, 2.05) is 7.05 Å². The van der Waals surface area contributed by atoms with Crippen LogP contribution in [-0.4, -0.2) is 51.9 Å². The predicted octanol–water partition coefficient (Wildman–Crippen LogP) is 5.56. The zero-order valence-corrected chi connectivity index (χ0v) is 22.2. The first-order chi connectivity index (χ1) is 17.9. The number of anilines is 1. The Bertz CT molecular complexity index is 1340. The van der Waals surface area contributed by atoms with Gasteiger partial charge in [-0.2, -0.15) is 13.2 Å². The molecular weight excluding hydrogens is 566 g/mol. The SMILES string of the molecule is CN1CCC(c2nc(C(=O)NCc3ccccc3C(F)(F)F)c(NC(=O)c3cc(Cl)c(O)c(Cl)n3)s2)CC1. The molecule has 3 aromatic rings. The highest BCUT2D eigenvalue weighted by Crippen LogP contribution is 2.36. The van der Waals surface area contributed by atoms with Crippen molar-refractivity contribution in [2.45, 2.75) is 31.5 Å². The smallest absolute Gasteiger partial charge is 0.416 e. The topological polar surface area (TPSA) is 107 Å². The van der Waals surface area contributed by atoms with Crippen LogP contribution in [0.1, 0.15) is 55.9 Å². The summed E-state index contributed by atoms with van der Waals surface area (Å²) >= 11 is 12.8. The lowest BCUT2D eigenvalue weighted by molar-refractivity contribution is -0.138. The number of amides is 2. The van der Waals surface area contributed by atoms with E-state index in [-0.39, 0.29) is 38.0 Å². The number of aromatic hydroxyl groups is 1. The van der Waals surface area contributed by atoms with Gasteiger partial charge in [0, 0.05) is 12.5 Å². The largest absolute Gasteiger partial charge is 0.504 e. The molecule has 3 N–H and O–H groups in total. The molecule has 1 fully saturated rings. The Morgan fingerprint density at radius 3 is 2.50 bits per heavy atom. The van der Waals surface area contributed by atoms with Gasteiger partial charge in [-0.3, -0.25) is 9.59 Å². The predicted molar refractivity (Wildman–Crippen MR) is 138 cm³/mol. The number of thiazole rings is 1. The third-order valence-corrected chi connectivity index (χ3v) is 7.74. The van der Waals surface area contributed by atoms with Crippen LogP contribution in [0.2, 0.25) is 10.2 Å². The van der Waals surface area contributed by atoms with Gasteiger partial charge in [-0.15, -0.1) is 11.3 Å². The van der Waals surface area contributed by atoms with E-state index < -0.39 is 35.8 Å². The second-order valence-electron chi connectivity index (χ2n) is 8.73. The van der Waals surface area contributed by atoms with Crippen LogP contribution in [0.15, 0.2) is 30.3 Å². The van der Waals surface area contributed by atoms with Crippen LogP contribution in [0.4, 0.5) is 18.2 Å². The monoisotopic (exact) mass is 587 g/mol. The molecule has 4 rings (SSSR count). The molecule has 0 atom stereocenters. The van der Waals surface area contributed by atoms with E-state index in [1.165, 1.54) is 18.2 Å². The Labute approximate surface area is 229 Å². The number of pyridine rings is 1. The van der Waals surface area contributed by atoms with Gasteiger partial charge in [0.05, 0.1) is 15.6 Å². The molecule has 0 aliphatic carbocycles. The fourth-order valence-corrected chi connectivity index (χ4v) is 5.54. The van der Waals surface area contributed by atoms with E-state index >= 15 is 0 Å². The summed E-state index contributed by atoms with van der Waals surface area (Å²) in [7, 11) is 2.00. The maximum absolute atomic E-state index is 13.4. The van der Waals surface area contributed by atoms with Gasteiger partial charge < -0.3 is 20.6 Å². The molecule has 1 aromatic carbocycles. The number of nitrogens with one attached hydrogen (secondary N) is 2. The molecule has 8 nitrogen and oxygen atoms in total. The number of piperidine rings is 1. The maximum Gasteiger partial charge on any atom is 0.416 e. The van der Waals surface area contributed by atoms with Crippen molar-refractivity contribution in [3.8, 4) is 5.75 Å². The summed E-state index contributed by atoms with van der Waals surface area (Å²) < 4.78 is 40.1. The van der Waals surface area contributed by atoms with Crippen LogP contribution in [0.5, 0.6) is 5.75 Å². The molecule has 38 heavy (non-hydrogen) atoms. The molecule has 1 aliphatic heterocycles. The number of benzene rings is 1. The van der Waals surface area contributed by atoms with E-state index in [9.17, 15) is 27.9 Å². The van der Waals surface area contributed by atoms with Crippen LogP contribution in [-0.2, 0) is 12.7 Å². The number of hydrogen-bond acceptors (Lipinski definition) is 7. The van der Waals surface area contributed by atoms with Crippen molar-refractivity contribution < 1.29 is 27.9 Å². The lowest BCUT2D eigenvalue weighted by Crippen LogP contribution is -2.29. The minimum Gasteiger partial charge on any atom is -0.504 e. The van der Waals surface area contributed by atoms with E-state index in [4.69, 9.17) is 23.2 Å². The molecule has 0 bridgehead atoms. The maximum atomic E-state index is 13.4. The number of likely N-dealkylation sites (tertiary alicyclic amines) is 1. The van der Waals surface area contributed by atoms with Crippen molar-refractivity contribution in [2.24, 2.45) is 0 Å². The highest BCUT2D eigenvalue weighted by Gasteiger charge is 2.33. The Hall–Kier alpha value is -2.93. The van der Waals surface area contributed by atoms with Gasteiger partial charge in [0.15, 0.2) is 16.6 Å². The Morgan fingerprint density at radius 2 is 1.84 bits per heavy atom. The summed E-state index contributed by atoms with van der Waals surface area (Å²) in [5.74, 6) is -1.94. The van der Waals surface area contributed by atoms with Crippen molar-refractivity contribution in [2.75, 3.05) is 25.5 Å². The van der Waals surface area contributed by atoms with Crippen molar-refractivity contribution >= 4 is 51.4 Å². The summed E-state index contributed by atoms with van der Waals surface area (Å²) in [6.07, 6.45) is -2.99. The third kappa shape index (κ3) is 6.37. The van der Waals surface area contributed by atoms with Gasteiger partial charge in [0.25, 0.3) is 11.8 Å². The number of rotatable bonds is 6. The minimum atomic E-state index is -4.58. The van der Waals surface area contributed by atoms with E-state index in [2.05, 4.69) is 25.5 Å². The molecular formula is C24H22Cl2F3N5O3S. The number of alkyl halides is 3. The second kappa shape index (κ2) is 11.4. The van der Waals surface area contributed by atoms with Gasteiger partial charge in [0.2, 0.25) is 0 Å². The standard InChI is InChI=1S/C24H22Cl2F3N5O3S/c1-34-8-6-12(7-9-34)22-32-17(21(37)30-11-13-4-2-3-5-14(13)24(27,28)29)23(38-22)33-20(36)16-10-15(25)18(35)19(26)31-16/h2-5,10,12,35H,6-9,11H2,1H3,(H,30,37)(H,33,36). The van der Waals surface area contributed by atoms with Crippen molar-refractivity contribution in [1.82, 2.24) is 20.2 Å². The molecule has 202 valence electrons. The number of aromatic nitrogens is 2.